The van der Waals surface area contributed by atoms with Crippen LogP contribution in [-0.4, -0.2) is 30.6 Å². The SMILES string of the molecule is CCOC(=O)C[C@H]1C[C@H](c2ccc(C(F)(F)F)c(F)c2)CN(Cc2ccc(C(F)(F)F)cc2)C1. The van der Waals surface area contributed by atoms with E-state index in [4.69, 9.17) is 4.74 Å². The summed E-state index contributed by atoms with van der Waals surface area (Å²) in [7, 11) is 0. The van der Waals surface area contributed by atoms with E-state index < -0.39 is 35.3 Å². The van der Waals surface area contributed by atoms with Crippen LogP contribution in [0.2, 0.25) is 0 Å². The molecule has 0 aliphatic carbocycles. The lowest BCUT2D eigenvalue weighted by Crippen LogP contribution is -2.40. The second kappa shape index (κ2) is 10.3. The van der Waals surface area contributed by atoms with Gasteiger partial charge in [0.2, 0.25) is 0 Å². The lowest BCUT2D eigenvalue weighted by Gasteiger charge is -2.38. The van der Waals surface area contributed by atoms with E-state index in [0.717, 1.165) is 18.2 Å². The third kappa shape index (κ3) is 6.71. The Morgan fingerprint density at radius 2 is 1.68 bits per heavy atom. The molecule has 0 N–H and O–H groups in total. The van der Waals surface area contributed by atoms with Gasteiger partial charge in [0.25, 0.3) is 0 Å². The number of likely N-dealkylation sites (tertiary alicyclic amines) is 1. The fourth-order valence-corrected chi connectivity index (χ4v) is 4.35. The van der Waals surface area contributed by atoms with Crippen molar-refractivity contribution in [3.05, 3.63) is 70.5 Å². The van der Waals surface area contributed by atoms with Crippen molar-refractivity contribution in [2.45, 2.75) is 44.6 Å². The number of piperidine rings is 1. The zero-order chi connectivity index (χ0) is 25.1. The number of hydrogen-bond donors (Lipinski definition) is 0. The molecule has 1 aliphatic rings. The van der Waals surface area contributed by atoms with Crippen molar-refractivity contribution in [3.63, 3.8) is 0 Å². The summed E-state index contributed by atoms with van der Waals surface area (Å²) < 4.78 is 96.5. The molecule has 34 heavy (non-hydrogen) atoms. The molecule has 0 saturated carbocycles. The summed E-state index contributed by atoms with van der Waals surface area (Å²) >= 11 is 0. The molecule has 2 atom stereocenters. The van der Waals surface area contributed by atoms with Crippen LogP contribution in [0.1, 0.15) is 47.9 Å². The Morgan fingerprint density at radius 1 is 1.00 bits per heavy atom. The van der Waals surface area contributed by atoms with Gasteiger partial charge < -0.3 is 4.74 Å². The summed E-state index contributed by atoms with van der Waals surface area (Å²) in [4.78, 5) is 13.9. The number of nitrogens with zero attached hydrogens (tertiary/aromatic N) is 1. The molecule has 186 valence electrons. The van der Waals surface area contributed by atoms with Crippen LogP contribution in [0.4, 0.5) is 30.7 Å². The van der Waals surface area contributed by atoms with Crippen LogP contribution in [-0.2, 0) is 28.4 Å². The first-order valence-corrected chi connectivity index (χ1v) is 10.8. The van der Waals surface area contributed by atoms with E-state index in [1.807, 2.05) is 4.90 Å². The van der Waals surface area contributed by atoms with E-state index in [-0.39, 0.29) is 31.4 Å². The molecule has 0 amide bonds. The maximum atomic E-state index is 14.2. The molecule has 1 fully saturated rings. The third-order valence-electron chi connectivity index (χ3n) is 5.83. The maximum Gasteiger partial charge on any atom is 0.419 e. The Labute approximate surface area is 192 Å². The molecule has 0 bridgehead atoms. The third-order valence-corrected chi connectivity index (χ3v) is 5.83. The van der Waals surface area contributed by atoms with Gasteiger partial charge in [-0.05, 0) is 60.6 Å². The predicted molar refractivity (Wildman–Crippen MR) is 110 cm³/mol. The highest BCUT2D eigenvalue weighted by molar-refractivity contribution is 5.69. The highest BCUT2D eigenvalue weighted by Crippen LogP contribution is 2.37. The molecule has 0 unspecified atom stereocenters. The predicted octanol–water partition coefficient (Wildman–Crippen LogP) is 6.42. The van der Waals surface area contributed by atoms with Gasteiger partial charge in [0, 0.05) is 26.1 Å². The standard InChI is InChI=1S/C24H24F7NO2/c1-2-34-22(33)10-16-9-18(17-5-8-20(21(25)11-17)24(29,30)31)14-32(13-16)12-15-3-6-19(7-4-15)23(26,27)28/h3-8,11,16,18H,2,9-10,12-14H2,1H3/t16-,18+/m1/s1. The van der Waals surface area contributed by atoms with E-state index in [1.165, 1.54) is 18.2 Å². The largest absolute Gasteiger partial charge is 0.466 e. The van der Waals surface area contributed by atoms with Crippen molar-refractivity contribution >= 4 is 5.97 Å². The number of benzene rings is 2. The quantitative estimate of drug-likeness (QED) is 0.345. The highest BCUT2D eigenvalue weighted by Gasteiger charge is 2.36. The average molecular weight is 491 g/mol. The lowest BCUT2D eigenvalue weighted by atomic mass is 9.82. The molecule has 0 spiro atoms. The van der Waals surface area contributed by atoms with E-state index >= 15 is 0 Å². The van der Waals surface area contributed by atoms with Crippen molar-refractivity contribution in [2.24, 2.45) is 5.92 Å². The number of alkyl halides is 6. The molecule has 10 heteroatoms. The number of esters is 1. The first-order valence-electron chi connectivity index (χ1n) is 10.8. The molecule has 1 heterocycles. The fraction of sp³-hybridized carbons (Fsp3) is 0.458. The molecule has 3 nitrogen and oxygen atoms in total. The summed E-state index contributed by atoms with van der Waals surface area (Å²) in [6.07, 6.45) is -8.74. The van der Waals surface area contributed by atoms with Gasteiger partial charge in [-0.1, -0.05) is 18.2 Å². The highest BCUT2D eigenvalue weighted by atomic mass is 19.4. The first-order chi connectivity index (χ1) is 15.9. The molecule has 1 aliphatic heterocycles. The van der Waals surface area contributed by atoms with Crippen LogP contribution in [0, 0.1) is 11.7 Å². The minimum absolute atomic E-state index is 0.0803. The Hall–Kier alpha value is -2.62. The van der Waals surface area contributed by atoms with Crippen LogP contribution in [0.15, 0.2) is 42.5 Å². The smallest absolute Gasteiger partial charge is 0.419 e. The van der Waals surface area contributed by atoms with Gasteiger partial charge in [-0.25, -0.2) is 4.39 Å². The van der Waals surface area contributed by atoms with E-state index in [2.05, 4.69) is 0 Å². The second-order valence-electron chi connectivity index (χ2n) is 8.43. The maximum absolute atomic E-state index is 14.2. The zero-order valence-electron chi connectivity index (χ0n) is 18.3. The number of carbonyl (C=O) groups excluding carboxylic acids is 1. The van der Waals surface area contributed by atoms with Crippen LogP contribution in [0.3, 0.4) is 0 Å². The molecule has 1 saturated heterocycles. The van der Waals surface area contributed by atoms with Gasteiger partial charge in [-0.3, -0.25) is 9.69 Å². The average Bonchev–Trinajstić information content (AvgIpc) is 2.72. The van der Waals surface area contributed by atoms with Crippen molar-refractivity contribution in [2.75, 3.05) is 19.7 Å². The number of halogens is 7. The Morgan fingerprint density at radius 3 is 2.24 bits per heavy atom. The van der Waals surface area contributed by atoms with E-state index in [0.29, 0.717) is 36.7 Å². The van der Waals surface area contributed by atoms with Gasteiger partial charge in [-0.2, -0.15) is 26.3 Å². The van der Waals surface area contributed by atoms with Crippen LogP contribution in [0.5, 0.6) is 0 Å². The second-order valence-corrected chi connectivity index (χ2v) is 8.43. The minimum atomic E-state index is -4.81. The topological polar surface area (TPSA) is 29.5 Å². The van der Waals surface area contributed by atoms with E-state index in [1.54, 1.807) is 6.92 Å². The fourth-order valence-electron chi connectivity index (χ4n) is 4.35. The van der Waals surface area contributed by atoms with Crippen molar-refractivity contribution in [1.82, 2.24) is 4.90 Å². The van der Waals surface area contributed by atoms with Gasteiger partial charge >= 0.3 is 18.3 Å². The Kier molecular flexibility index (Phi) is 7.90. The van der Waals surface area contributed by atoms with Crippen LogP contribution < -0.4 is 0 Å². The number of rotatable bonds is 6. The minimum Gasteiger partial charge on any atom is -0.466 e. The summed E-state index contributed by atoms with van der Waals surface area (Å²) in [6.45, 7) is 2.94. The molecular formula is C24H24F7NO2. The molecular weight excluding hydrogens is 467 g/mol. The van der Waals surface area contributed by atoms with Crippen molar-refractivity contribution in [1.29, 1.82) is 0 Å². The molecule has 2 aromatic rings. The molecule has 0 aromatic heterocycles. The van der Waals surface area contributed by atoms with Gasteiger partial charge in [0.15, 0.2) is 0 Å². The van der Waals surface area contributed by atoms with E-state index in [9.17, 15) is 35.5 Å². The lowest BCUT2D eigenvalue weighted by molar-refractivity contribution is -0.145. The van der Waals surface area contributed by atoms with Crippen molar-refractivity contribution in [3.8, 4) is 0 Å². The van der Waals surface area contributed by atoms with Gasteiger partial charge in [0.1, 0.15) is 5.82 Å². The first kappa shape index (κ1) is 26.0. The number of hydrogen-bond acceptors (Lipinski definition) is 3. The Bertz CT molecular complexity index is 986. The van der Waals surface area contributed by atoms with Crippen LogP contribution >= 0.6 is 0 Å². The zero-order valence-corrected chi connectivity index (χ0v) is 18.3. The summed E-state index contributed by atoms with van der Waals surface area (Å²) in [5.41, 5.74) is -1.14. The number of ether oxygens (including phenoxy) is 1. The van der Waals surface area contributed by atoms with Crippen LogP contribution in [0.25, 0.3) is 0 Å². The van der Waals surface area contributed by atoms with Crippen molar-refractivity contribution < 1.29 is 40.3 Å². The summed E-state index contributed by atoms with van der Waals surface area (Å²) in [6, 6.07) is 7.52. The van der Waals surface area contributed by atoms with Gasteiger partial charge in [-0.15, -0.1) is 0 Å². The molecule has 3 rings (SSSR count). The normalized spacial score (nSPS) is 19.8. The molecule has 0 radical (unpaired) electrons. The monoisotopic (exact) mass is 491 g/mol. The summed E-state index contributed by atoms with van der Waals surface area (Å²) in [5.74, 6) is -2.36. The van der Waals surface area contributed by atoms with Gasteiger partial charge in [0.05, 0.1) is 17.7 Å². The molecule has 2 aromatic carbocycles. The summed E-state index contributed by atoms with van der Waals surface area (Å²) in [5, 5.41) is 0. The Balaban J connectivity index is 1.81. The number of carbonyl (C=O) groups is 1.